The number of nitrogens with one attached hydrogen (secondary N) is 1. The normalized spacial score (nSPS) is 13.2. The van der Waals surface area contributed by atoms with E-state index in [1.54, 1.807) is 7.11 Å². The zero-order chi connectivity index (χ0) is 19.8. The number of fused-ring (bicyclic) bond motifs is 3. The highest BCUT2D eigenvalue weighted by atomic mass is 16.5. The number of anilines is 1. The van der Waals surface area contributed by atoms with E-state index in [1.165, 1.54) is 0 Å². The molecule has 1 atom stereocenters. The highest BCUT2D eigenvalue weighted by Gasteiger charge is 2.27. The van der Waals surface area contributed by atoms with Crippen LogP contribution in [-0.2, 0) is 16.0 Å². The summed E-state index contributed by atoms with van der Waals surface area (Å²) in [5, 5.41) is 9.74. The second-order valence-electron chi connectivity index (χ2n) is 7.43. The standard InChI is InChI=1S/C20H27N5O2/c1-6-16(26)23-20(3,4)11-15-17-13-9-7-8-10-14(13)22-19(21)18(17)24-25(15)12(2)27-5/h7-10,12H,6,11H2,1-5H3,(H2,21,22)(H,23,26). The summed E-state index contributed by atoms with van der Waals surface area (Å²) in [4.78, 5) is 16.5. The summed E-state index contributed by atoms with van der Waals surface area (Å²) in [7, 11) is 1.64. The summed E-state index contributed by atoms with van der Waals surface area (Å²) in [6.45, 7) is 7.79. The van der Waals surface area contributed by atoms with Crippen molar-refractivity contribution in [3.63, 3.8) is 0 Å². The quantitative estimate of drug-likeness (QED) is 0.696. The van der Waals surface area contributed by atoms with Gasteiger partial charge in [-0.3, -0.25) is 4.79 Å². The molecule has 1 amide bonds. The molecule has 3 N–H and O–H groups in total. The van der Waals surface area contributed by atoms with Gasteiger partial charge < -0.3 is 15.8 Å². The number of aromatic nitrogens is 3. The number of hydrogen-bond acceptors (Lipinski definition) is 5. The van der Waals surface area contributed by atoms with E-state index in [2.05, 4.69) is 10.3 Å². The van der Waals surface area contributed by atoms with E-state index in [1.807, 2.05) is 56.6 Å². The van der Waals surface area contributed by atoms with Crippen molar-refractivity contribution in [2.75, 3.05) is 12.8 Å². The molecule has 0 aliphatic heterocycles. The van der Waals surface area contributed by atoms with Crippen LogP contribution in [0.4, 0.5) is 5.82 Å². The Hall–Kier alpha value is -2.67. The Labute approximate surface area is 158 Å². The minimum Gasteiger partial charge on any atom is -0.382 e. The van der Waals surface area contributed by atoms with Gasteiger partial charge in [0.2, 0.25) is 5.91 Å². The van der Waals surface area contributed by atoms with Crippen LogP contribution in [0.5, 0.6) is 0 Å². The smallest absolute Gasteiger partial charge is 0.220 e. The van der Waals surface area contributed by atoms with Crippen molar-refractivity contribution in [2.45, 2.75) is 52.3 Å². The molecular formula is C20H27N5O2. The number of amides is 1. The number of carbonyl (C=O) groups is 1. The van der Waals surface area contributed by atoms with E-state index in [4.69, 9.17) is 15.6 Å². The second kappa shape index (κ2) is 7.15. The number of carbonyl (C=O) groups excluding carboxylic acids is 1. The first-order valence-electron chi connectivity index (χ1n) is 9.16. The Bertz CT molecular complexity index is 993. The van der Waals surface area contributed by atoms with Crippen molar-refractivity contribution in [3.05, 3.63) is 30.0 Å². The third kappa shape index (κ3) is 3.60. The molecule has 0 aliphatic rings. The molecule has 1 unspecified atom stereocenters. The van der Waals surface area contributed by atoms with E-state index in [0.717, 1.165) is 22.0 Å². The van der Waals surface area contributed by atoms with E-state index < -0.39 is 5.54 Å². The van der Waals surface area contributed by atoms with Crippen LogP contribution in [0.25, 0.3) is 21.8 Å². The monoisotopic (exact) mass is 369 g/mol. The number of methoxy groups -OCH3 is 1. The predicted molar refractivity (Wildman–Crippen MR) is 107 cm³/mol. The molecule has 3 aromatic rings. The number of nitrogens with zero attached hydrogens (tertiary/aromatic N) is 3. The summed E-state index contributed by atoms with van der Waals surface area (Å²) >= 11 is 0. The van der Waals surface area contributed by atoms with Gasteiger partial charge in [0.05, 0.1) is 11.2 Å². The molecule has 3 rings (SSSR count). The van der Waals surface area contributed by atoms with Crippen molar-refractivity contribution in [1.82, 2.24) is 20.1 Å². The SMILES string of the molecule is CCC(=O)NC(C)(C)Cc1c2c(nn1C(C)OC)c(N)nc1ccccc12. The van der Waals surface area contributed by atoms with Crippen molar-refractivity contribution in [2.24, 2.45) is 0 Å². The van der Waals surface area contributed by atoms with Gasteiger partial charge in [0.15, 0.2) is 5.82 Å². The maximum absolute atomic E-state index is 12.0. The summed E-state index contributed by atoms with van der Waals surface area (Å²) in [5.41, 5.74) is 8.21. The Morgan fingerprint density at radius 3 is 2.74 bits per heavy atom. The molecule has 1 aromatic carbocycles. The van der Waals surface area contributed by atoms with Gasteiger partial charge in [-0.1, -0.05) is 25.1 Å². The van der Waals surface area contributed by atoms with Crippen LogP contribution < -0.4 is 11.1 Å². The number of hydrogen-bond donors (Lipinski definition) is 2. The maximum Gasteiger partial charge on any atom is 0.220 e. The molecule has 2 heterocycles. The molecule has 0 bridgehead atoms. The van der Waals surface area contributed by atoms with Crippen molar-refractivity contribution < 1.29 is 9.53 Å². The molecule has 0 spiro atoms. The highest BCUT2D eigenvalue weighted by molar-refractivity contribution is 6.09. The summed E-state index contributed by atoms with van der Waals surface area (Å²) in [6, 6.07) is 7.88. The van der Waals surface area contributed by atoms with E-state index in [0.29, 0.717) is 24.2 Å². The fourth-order valence-electron chi connectivity index (χ4n) is 3.40. The Balaban J connectivity index is 2.26. The molecule has 2 aromatic heterocycles. The van der Waals surface area contributed by atoms with Crippen LogP contribution in [0.1, 0.15) is 46.0 Å². The largest absolute Gasteiger partial charge is 0.382 e. The number of para-hydroxylation sites is 1. The molecule has 0 saturated heterocycles. The fraction of sp³-hybridized carbons (Fsp3) is 0.450. The minimum absolute atomic E-state index is 0.0150. The average molecular weight is 369 g/mol. The number of nitrogens with two attached hydrogens (primary N) is 1. The Kier molecular flexibility index (Phi) is 5.06. The number of nitrogen functional groups attached to an aromatic ring is 1. The first-order chi connectivity index (χ1) is 12.8. The molecule has 7 heteroatoms. The Morgan fingerprint density at radius 2 is 2.07 bits per heavy atom. The molecular weight excluding hydrogens is 342 g/mol. The van der Waals surface area contributed by atoms with Crippen LogP contribution in [-0.4, -0.2) is 33.3 Å². The maximum atomic E-state index is 12.0. The van der Waals surface area contributed by atoms with E-state index in [-0.39, 0.29) is 12.1 Å². The van der Waals surface area contributed by atoms with Crippen LogP contribution >= 0.6 is 0 Å². The lowest BCUT2D eigenvalue weighted by Gasteiger charge is -2.27. The number of ether oxygens (including phenoxy) is 1. The van der Waals surface area contributed by atoms with Gasteiger partial charge in [-0.05, 0) is 26.8 Å². The number of pyridine rings is 1. The molecule has 0 radical (unpaired) electrons. The Morgan fingerprint density at radius 1 is 1.37 bits per heavy atom. The minimum atomic E-state index is -0.454. The predicted octanol–water partition coefficient (Wildman–Crippen LogP) is 3.18. The van der Waals surface area contributed by atoms with Crippen LogP contribution in [0.2, 0.25) is 0 Å². The highest BCUT2D eigenvalue weighted by Crippen LogP contribution is 2.33. The lowest BCUT2D eigenvalue weighted by molar-refractivity contribution is -0.122. The third-order valence-corrected chi connectivity index (χ3v) is 4.76. The third-order valence-electron chi connectivity index (χ3n) is 4.76. The van der Waals surface area contributed by atoms with Crippen LogP contribution in [0.3, 0.4) is 0 Å². The van der Waals surface area contributed by atoms with Crippen molar-refractivity contribution in [3.8, 4) is 0 Å². The lowest BCUT2D eigenvalue weighted by atomic mass is 9.95. The first kappa shape index (κ1) is 19.1. The zero-order valence-corrected chi connectivity index (χ0v) is 16.5. The van der Waals surface area contributed by atoms with Gasteiger partial charge in [0.1, 0.15) is 11.7 Å². The van der Waals surface area contributed by atoms with Crippen LogP contribution in [0.15, 0.2) is 24.3 Å². The fourth-order valence-corrected chi connectivity index (χ4v) is 3.40. The number of rotatable bonds is 6. The molecule has 27 heavy (non-hydrogen) atoms. The average Bonchev–Trinajstić information content (AvgIpc) is 3.00. The van der Waals surface area contributed by atoms with E-state index >= 15 is 0 Å². The van der Waals surface area contributed by atoms with Crippen LogP contribution in [0, 0.1) is 0 Å². The van der Waals surface area contributed by atoms with E-state index in [9.17, 15) is 4.79 Å². The first-order valence-corrected chi connectivity index (χ1v) is 9.16. The number of benzene rings is 1. The van der Waals surface area contributed by atoms with Gasteiger partial charge in [-0.25, -0.2) is 9.67 Å². The molecule has 7 nitrogen and oxygen atoms in total. The molecule has 144 valence electrons. The summed E-state index contributed by atoms with van der Waals surface area (Å²) < 4.78 is 7.37. The van der Waals surface area contributed by atoms with Gasteiger partial charge in [0, 0.05) is 36.3 Å². The van der Waals surface area contributed by atoms with Gasteiger partial charge >= 0.3 is 0 Å². The second-order valence-corrected chi connectivity index (χ2v) is 7.43. The van der Waals surface area contributed by atoms with Gasteiger partial charge in [-0.2, -0.15) is 5.10 Å². The molecule has 0 fully saturated rings. The van der Waals surface area contributed by atoms with Crippen molar-refractivity contribution >= 4 is 33.5 Å². The summed E-state index contributed by atoms with van der Waals surface area (Å²) in [6.07, 6.45) is 0.747. The zero-order valence-electron chi connectivity index (χ0n) is 16.5. The van der Waals surface area contributed by atoms with Crippen molar-refractivity contribution in [1.29, 1.82) is 0 Å². The van der Waals surface area contributed by atoms with Gasteiger partial charge in [-0.15, -0.1) is 0 Å². The lowest BCUT2D eigenvalue weighted by Crippen LogP contribution is -2.45. The molecule has 0 aliphatic carbocycles. The summed E-state index contributed by atoms with van der Waals surface area (Å²) in [5.74, 6) is 0.406. The topological polar surface area (TPSA) is 95.1 Å². The van der Waals surface area contributed by atoms with Gasteiger partial charge in [0.25, 0.3) is 0 Å². The molecule has 0 saturated carbocycles.